The van der Waals surface area contributed by atoms with Gasteiger partial charge in [0, 0.05) is 18.9 Å². The van der Waals surface area contributed by atoms with Crippen LogP contribution in [0.4, 0.5) is 0 Å². The summed E-state index contributed by atoms with van der Waals surface area (Å²) in [5.41, 5.74) is 2.05. The second-order valence-electron chi connectivity index (χ2n) is 6.00. The van der Waals surface area contributed by atoms with Crippen LogP contribution in [0.2, 0.25) is 0 Å². The van der Waals surface area contributed by atoms with Gasteiger partial charge in [0.25, 0.3) is 0 Å². The van der Waals surface area contributed by atoms with E-state index in [1.807, 2.05) is 31.2 Å². The Balaban J connectivity index is 1.59. The van der Waals surface area contributed by atoms with Crippen molar-refractivity contribution in [3.05, 3.63) is 41.2 Å². The van der Waals surface area contributed by atoms with Gasteiger partial charge in [0.1, 0.15) is 5.75 Å². The molecule has 0 saturated heterocycles. The third-order valence-corrected chi connectivity index (χ3v) is 4.24. The molecule has 6 nitrogen and oxygen atoms in total. The summed E-state index contributed by atoms with van der Waals surface area (Å²) in [6, 6.07) is 7.93. The molecule has 1 N–H and O–H groups in total. The van der Waals surface area contributed by atoms with Crippen LogP contribution in [0.15, 0.2) is 24.3 Å². The first-order valence-electron chi connectivity index (χ1n) is 8.01. The van der Waals surface area contributed by atoms with Crippen LogP contribution in [0, 0.1) is 6.92 Å². The van der Waals surface area contributed by atoms with Crippen molar-refractivity contribution in [3.63, 3.8) is 0 Å². The third-order valence-electron chi connectivity index (χ3n) is 4.24. The molecule has 0 aliphatic heterocycles. The molecule has 1 saturated carbocycles. The van der Waals surface area contributed by atoms with Crippen LogP contribution in [0.5, 0.6) is 5.75 Å². The maximum absolute atomic E-state index is 11.3. The minimum atomic E-state index is -0.992. The van der Waals surface area contributed by atoms with Crippen molar-refractivity contribution in [1.29, 1.82) is 0 Å². The summed E-state index contributed by atoms with van der Waals surface area (Å²) in [5, 5.41) is 17.1. The number of carboxylic acids is 1. The fourth-order valence-corrected chi connectivity index (χ4v) is 2.83. The van der Waals surface area contributed by atoms with Gasteiger partial charge < -0.3 is 9.84 Å². The van der Waals surface area contributed by atoms with Gasteiger partial charge in [0.05, 0.1) is 12.3 Å². The first kappa shape index (κ1) is 15.5. The lowest BCUT2D eigenvalue weighted by Crippen LogP contribution is -2.19. The molecule has 1 fully saturated rings. The van der Waals surface area contributed by atoms with E-state index < -0.39 is 5.97 Å². The number of benzene rings is 1. The second kappa shape index (κ2) is 6.81. The van der Waals surface area contributed by atoms with E-state index in [1.54, 1.807) is 4.68 Å². The van der Waals surface area contributed by atoms with Crippen molar-refractivity contribution in [1.82, 2.24) is 15.0 Å². The highest BCUT2D eigenvalue weighted by atomic mass is 16.5. The summed E-state index contributed by atoms with van der Waals surface area (Å²) in [5.74, 6) is 0.150. The maximum atomic E-state index is 11.3. The number of aromatic nitrogens is 3. The highest BCUT2D eigenvalue weighted by Gasteiger charge is 2.30. The smallest absolute Gasteiger partial charge is 0.358 e. The van der Waals surface area contributed by atoms with Crippen molar-refractivity contribution >= 4 is 5.97 Å². The number of nitrogens with zero attached hydrogens (tertiary/aromatic N) is 3. The molecule has 0 spiro atoms. The van der Waals surface area contributed by atoms with Crippen molar-refractivity contribution in [2.75, 3.05) is 6.61 Å². The zero-order valence-electron chi connectivity index (χ0n) is 13.2. The Bertz CT molecular complexity index is 692. The monoisotopic (exact) mass is 315 g/mol. The molecule has 1 heterocycles. The highest BCUT2D eigenvalue weighted by molar-refractivity contribution is 5.86. The maximum Gasteiger partial charge on any atom is 0.358 e. The predicted molar refractivity (Wildman–Crippen MR) is 84.9 cm³/mol. The average molecular weight is 315 g/mol. The van der Waals surface area contributed by atoms with E-state index in [0.29, 0.717) is 13.2 Å². The zero-order chi connectivity index (χ0) is 16.2. The quantitative estimate of drug-likeness (QED) is 0.795. The molecule has 1 aromatic carbocycles. The molecule has 1 aliphatic rings. The summed E-state index contributed by atoms with van der Waals surface area (Å²) in [7, 11) is 0. The lowest BCUT2D eigenvalue weighted by atomic mass is 9.82. The third kappa shape index (κ3) is 3.52. The number of rotatable bonds is 7. The van der Waals surface area contributed by atoms with Gasteiger partial charge in [-0.25, -0.2) is 9.48 Å². The topological polar surface area (TPSA) is 77.2 Å². The van der Waals surface area contributed by atoms with E-state index in [-0.39, 0.29) is 11.6 Å². The van der Waals surface area contributed by atoms with Gasteiger partial charge >= 0.3 is 5.97 Å². The van der Waals surface area contributed by atoms with Crippen LogP contribution < -0.4 is 4.74 Å². The van der Waals surface area contributed by atoms with Crippen LogP contribution >= 0.6 is 0 Å². The van der Waals surface area contributed by atoms with Crippen LogP contribution in [0.3, 0.4) is 0 Å². The Morgan fingerprint density at radius 1 is 1.43 bits per heavy atom. The Morgan fingerprint density at radius 2 is 2.26 bits per heavy atom. The molecule has 0 unspecified atom stereocenters. The standard InChI is InChI=1S/C17H21N3O3/c1-12-5-2-8-14(11-12)23-10-4-9-20-16(13-6-3-7-13)15(17(21)22)18-19-20/h2,5,8,11,13H,3-4,6-7,9-10H2,1H3,(H,21,22). The van der Waals surface area contributed by atoms with Crippen LogP contribution in [0.25, 0.3) is 0 Å². The van der Waals surface area contributed by atoms with Crippen LogP contribution in [-0.2, 0) is 6.54 Å². The zero-order valence-corrected chi connectivity index (χ0v) is 13.2. The van der Waals surface area contributed by atoms with Gasteiger partial charge in [0.15, 0.2) is 5.69 Å². The lowest BCUT2D eigenvalue weighted by molar-refractivity contribution is 0.0687. The number of ether oxygens (including phenoxy) is 1. The molecule has 0 amide bonds. The summed E-state index contributed by atoms with van der Waals surface area (Å²) in [6.07, 6.45) is 3.95. The van der Waals surface area contributed by atoms with Gasteiger partial charge in [-0.15, -0.1) is 5.10 Å². The lowest BCUT2D eigenvalue weighted by Gasteiger charge is -2.26. The molecule has 0 bridgehead atoms. The molecule has 122 valence electrons. The molecule has 23 heavy (non-hydrogen) atoms. The molecule has 2 aromatic rings. The van der Waals surface area contributed by atoms with Crippen molar-refractivity contribution < 1.29 is 14.6 Å². The molecular weight excluding hydrogens is 294 g/mol. The van der Waals surface area contributed by atoms with Gasteiger partial charge in [-0.1, -0.05) is 23.8 Å². The molecule has 3 rings (SSSR count). The minimum Gasteiger partial charge on any atom is -0.494 e. The number of hydrogen-bond donors (Lipinski definition) is 1. The van der Waals surface area contributed by atoms with Crippen molar-refractivity contribution in [2.24, 2.45) is 0 Å². The summed E-state index contributed by atoms with van der Waals surface area (Å²) in [6.45, 7) is 3.22. The van der Waals surface area contributed by atoms with Gasteiger partial charge in [-0.05, 0) is 37.5 Å². The largest absolute Gasteiger partial charge is 0.494 e. The number of aryl methyl sites for hydroxylation is 2. The Labute approximate surface area is 135 Å². The van der Waals surface area contributed by atoms with E-state index in [4.69, 9.17) is 4.74 Å². The van der Waals surface area contributed by atoms with Crippen molar-refractivity contribution in [3.8, 4) is 5.75 Å². The fraction of sp³-hybridized carbons (Fsp3) is 0.471. The number of carbonyl (C=O) groups is 1. The predicted octanol–water partition coefficient (Wildman–Crippen LogP) is 3.02. The van der Waals surface area contributed by atoms with E-state index in [1.165, 1.54) is 0 Å². The first-order valence-corrected chi connectivity index (χ1v) is 8.01. The molecule has 1 aromatic heterocycles. The number of carboxylic acid groups (broad SMARTS) is 1. The Hall–Kier alpha value is -2.37. The molecule has 1 aliphatic carbocycles. The number of hydrogen-bond acceptors (Lipinski definition) is 4. The normalized spacial score (nSPS) is 14.5. The fourth-order valence-electron chi connectivity index (χ4n) is 2.83. The van der Waals surface area contributed by atoms with Gasteiger partial charge in [0.2, 0.25) is 0 Å². The minimum absolute atomic E-state index is 0.106. The summed E-state index contributed by atoms with van der Waals surface area (Å²) < 4.78 is 7.47. The number of aromatic carboxylic acids is 1. The van der Waals surface area contributed by atoms with Crippen molar-refractivity contribution in [2.45, 2.75) is 45.1 Å². The second-order valence-corrected chi connectivity index (χ2v) is 6.00. The molecule has 0 atom stereocenters. The van der Waals surface area contributed by atoms with E-state index >= 15 is 0 Å². The Morgan fingerprint density at radius 3 is 2.91 bits per heavy atom. The molecular formula is C17H21N3O3. The van der Waals surface area contributed by atoms with Gasteiger partial charge in [-0.3, -0.25) is 0 Å². The molecule has 0 radical (unpaired) electrons. The molecule has 6 heteroatoms. The van der Waals surface area contributed by atoms with Gasteiger partial charge in [-0.2, -0.15) is 0 Å². The highest BCUT2D eigenvalue weighted by Crippen LogP contribution is 2.37. The van der Waals surface area contributed by atoms with E-state index in [2.05, 4.69) is 10.3 Å². The van der Waals surface area contributed by atoms with Crippen LogP contribution in [0.1, 0.15) is 53.3 Å². The summed E-state index contributed by atoms with van der Waals surface area (Å²) in [4.78, 5) is 11.3. The first-order chi connectivity index (χ1) is 11.1. The van der Waals surface area contributed by atoms with Crippen LogP contribution in [-0.4, -0.2) is 32.7 Å². The Kier molecular flexibility index (Phi) is 4.60. The van der Waals surface area contributed by atoms with E-state index in [0.717, 1.165) is 42.7 Å². The summed E-state index contributed by atoms with van der Waals surface area (Å²) >= 11 is 0. The van der Waals surface area contributed by atoms with E-state index in [9.17, 15) is 9.90 Å². The SMILES string of the molecule is Cc1cccc(OCCCn2nnc(C(=O)O)c2C2CCC2)c1. The average Bonchev–Trinajstić information content (AvgIpc) is 2.86.